The van der Waals surface area contributed by atoms with Gasteiger partial charge >= 0.3 is 0 Å². The molecule has 0 saturated carbocycles. The number of pyridine rings is 1. The number of benzene rings is 1. The molecule has 2 rings (SSSR count). The summed E-state index contributed by atoms with van der Waals surface area (Å²) in [5.74, 6) is 0.773. The molecule has 5 nitrogen and oxygen atoms in total. The Bertz CT molecular complexity index is 670. The predicted octanol–water partition coefficient (Wildman–Crippen LogP) is 3.68. The third-order valence-corrected chi connectivity index (χ3v) is 4.04. The number of rotatable bonds is 9. The average Bonchev–Trinajstić information content (AvgIpc) is 2.65. The predicted molar refractivity (Wildman–Crippen MR) is 104 cm³/mol. The summed E-state index contributed by atoms with van der Waals surface area (Å²) in [6, 6.07) is 11.6. The lowest BCUT2D eigenvalue weighted by atomic mass is 10.1. The van der Waals surface area contributed by atoms with Gasteiger partial charge in [0.15, 0.2) is 0 Å². The molecular weight excluding hydrogens is 312 g/mol. The molecule has 25 heavy (non-hydrogen) atoms. The Kier molecular flexibility index (Phi) is 7.41. The lowest BCUT2D eigenvalue weighted by molar-refractivity contribution is 0.102. The number of anilines is 2. The molecule has 0 aliphatic heterocycles. The van der Waals surface area contributed by atoms with E-state index in [1.807, 2.05) is 36.4 Å². The van der Waals surface area contributed by atoms with E-state index in [0.29, 0.717) is 5.56 Å². The summed E-state index contributed by atoms with van der Waals surface area (Å²) in [4.78, 5) is 19.2. The van der Waals surface area contributed by atoms with Gasteiger partial charge in [-0.1, -0.05) is 32.0 Å². The van der Waals surface area contributed by atoms with Crippen LogP contribution in [0.25, 0.3) is 0 Å². The molecule has 1 aromatic carbocycles. The Morgan fingerprint density at radius 3 is 2.56 bits per heavy atom. The van der Waals surface area contributed by atoms with Gasteiger partial charge in [0.05, 0.1) is 5.56 Å². The van der Waals surface area contributed by atoms with Gasteiger partial charge in [0.25, 0.3) is 5.91 Å². The lowest BCUT2D eigenvalue weighted by Crippen LogP contribution is -2.24. The molecule has 0 radical (unpaired) electrons. The highest BCUT2D eigenvalue weighted by Crippen LogP contribution is 2.17. The molecule has 5 heteroatoms. The molecule has 134 valence electrons. The Hall–Kier alpha value is -2.40. The number of hydrogen-bond donors (Lipinski definition) is 2. The second kappa shape index (κ2) is 9.79. The van der Waals surface area contributed by atoms with Crippen molar-refractivity contribution in [3.05, 3.63) is 53.7 Å². The Morgan fingerprint density at radius 1 is 1.12 bits per heavy atom. The van der Waals surface area contributed by atoms with Gasteiger partial charge in [0.2, 0.25) is 0 Å². The van der Waals surface area contributed by atoms with Crippen molar-refractivity contribution in [2.75, 3.05) is 29.9 Å². The van der Waals surface area contributed by atoms with Crippen molar-refractivity contribution in [2.45, 2.75) is 33.7 Å². The minimum absolute atomic E-state index is 0.137. The lowest BCUT2D eigenvalue weighted by Gasteiger charge is -2.21. The van der Waals surface area contributed by atoms with Crippen LogP contribution in [0.2, 0.25) is 0 Å². The maximum absolute atomic E-state index is 12.5. The molecule has 2 N–H and O–H groups in total. The standard InChI is InChI=1S/C20H28N4O/c1-4-13-24(6-3)19-12-11-17(15-22-19)20(25)23-18-10-8-7-9-16(18)14-21-5-2/h7-12,15,21H,4-6,13-14H2,1-3H3,(H,23,25). The fourth-order valence-electron chi connectivity index (χ4n) is 2.66. The summed E-state index contributed by atoms with van der Waals surface area (Å²) >= 11 is 0. The molecule has 2 aromatic rings. The van der Waals surface area contributed by atoms with Crippen molar-refractivity contribution in [1.82, 2.24) is 10.3 Å². The molecule has 0 aliphatic rings. The number of hydrogen-bond acceptors (Lipinski definition) is 4. The number of amides is 1. The largest absolute Gasteiger partial charge is 0.357 e. The molecule has 0 fully saturated rings. The molecule has 1 aromatic heterocycles. The monoisotopic (exact) mass is 340 g/mol. The highest BCUT2D eigenvalue weighted by molar-refractivity contribution is 6.04. The van der Waals surface area contributed by atoms with Crippen LogP contribution in [-0.4, -0.2) is 30.5 Å². The molecule has 0 spiro atoms. The van der Waals surface area contributed by atoms with Gasteiger partial charge < -0.3 is 15.5 Å². The van der Waals surface area contributed by atoms with E-state index in [4.69, 9.17) is 0 Å². The minimum Gasteiger partial charge on any atom is -0.357 e. The smallest absolute Gasteiger partial charge is 0.257 e. The summed E-state index contributed by atoms with van der Waals surface area (Å²) in [7, 11) is 0. The maximum Gasteiger partial charge on any atom is 0.257 e. The number of nitrogens with zero attached hydrogens (tertiary/aromatic N) is 2. The van der Waals surface area contributed by atoms with Crippen LogP contribution in [0.5, 0.6) is 0 Å². The van der Waals surface area contributed by atoms with Crippen LogP contribution in [0.15, 0.2) is 42.6 Å². The number of nitrogens with one attached hydrogen (secondary N) is 2. The molecular formula is C20H28N4O. The van der Waals surface area contributed by atoms with Gasteiger partial charge in [-0.2, -0.15) is 0 Å². The summed E-state index contributed by atoms with van der Waals surface area (Å²) < 4.78 is 0. The second-order valence-electron chi connectivity index (χ2n) is 5.88. The molecule has 0 atom stereocenters. The van der Waals surface area contributed by atoms with Crippen LogP contribution >= 0.6 is 0 Å². The van der Waals surface area contributed by atoms with Crippen molar-refractivity contribution in [3.63, 3.8) is 0 Å². The fourth-order valence-corrected chi connectivity index (χ4v) is 2.66. The first-order valence-corrected chi connectivity index (χ1v) is 9.00. The topological polar surface area (TPSA) is 57.3 Å². The van der Waals surface area contributed by atoms with Gasteiger partial charge in [-0.3, -0.25) is 4.79 Å². The van der Waals surface area contributed by atoms with Crippen molar-refractivity contribution in [3.8, 4) is 0 Å². The maximum atomic E-state index is 12.5. The van der Waals surface area contributed by atoms with Crippen molar-refractivity contribution in [1.29, 1.82) is 0 Å². The van der Waals surface area contributed by atoms with Gasteiger partial charge in [0.1, 0.15) is 5.82 Å². The van der Waals surface area contributed by atoms with Crippen LogP contribution in [-0.2, 0) is 6.54 Å². The van der Waals surface area contributed by atoms with E-state index in [-0.39, 0.29) is 5.91 Å². The summed E-state index contributed by atoms with van der Waals surface area (Å²) in [5, 5.41) is 6.28. The van der Waals surface area contributed by atoms with Crippen LogP contribution in [0.1, 0.15) is 43.1 Å². The second-order valence-corrected chi connectivity index (χ2v) is 5.88. The number of aromatic nitrogens is 1. The quantitative estimate of drug-likeness (QED) is 0.731. The van der Waals surface area contributed by atoms with E-state index in [1.165, 1.54) is 0 Å². The van der Waals surface area contributed by atoms with Crippen LogP contribution in [0.4, 0.5) is 11.5 Å². The Balaban J connectivity index is 2.09. The number of carbonyl (C=O) groups is 1. The van der Waals surface area contributed by atoms with Crippen LogP contribution in [0.3, 0.4) is 0 Å². The first-order valence-electron chi connectivity index (χ1n) is 9.00. The summed E-state index contributed by atoms with van der Waals surface area (Å²) in [6.45, 7) is 9.81. The molecule has 1 heterocycles. The average molecular weight is 340 g/mol. The first kappa shape index (κ1) is 18.9. The first-order chi connectivity index (χ1) is 12.2. The highest BCUT2D eigenvalue weighted by Gasteiger charge is 2.11. The third-order valence-electron chi connectivity index (χ3n) is 4.04. The van der Waals surface area contributed by atoms with Crippen LogP contribution < -0.4 is 15.5 Å². The molecule has 0 bridgehead atoms. The fraction of sp³-hybridized carbons (Fsp3) is 0.400. The minimum atomic E-state index is -0.137. The van der Waals surface area contributed by atoms with E-state index < -0.39 is 0 Å². The SMILES string of the molecule is CCCN(CC)c1ccc(C(=O)Nc2ccccc2CNCC)cn1. The van der Waals surface area contributed by atoms with Gasteiger partial charge in [-0.25, -0.2) is 4.98 Å². The van der Waals surface area contributed by atoms with Crippen LogP contribution in [0, 0.1) is 0 Å². The van der Waals surface area contributed by atoms with E-state index in [2.05, 4.69) is 41.3 Å². The Morgan fingerprint density at radius 2 is 1.92 bits per heavy atom. The molecule has 1 amide bonds. The van der Waals surface area contributed by atoms with E-state index in [0.717, 1.165) is 49.7 Å². The third kappa shape index (κ3) is 5.29. The summed E-state index contributed by atoms with van der Waals surface area (Å²) in [5.41, 5.74) is 2.47. The van der Waals surface area contributed by atoms with E-state index >= 15 is 0 Å². The molecule has 0 unspecified atom stereocenters. The number of carbonyl (C=O) groups excluding carboxylic acids is 1. The zero-order chi connectivity index (χ0) is 18.1. The highest BCUT2D eigenvalue weighted by atomic mass is 16.1. The van der Waals surface area contributed by atoms with E-state index in [9.17, 15) is 4.79 Å². The Labute approximate surface area is 150 Å². The summed E-state index contributed by atoms with van der Waals surface area (Å²) in [6.07, 6.45) is 2.72. The van der Waals surface area contributed by atoms with Crippen molar-refractivity contribution in [2.24, 2.45) is 0 Å². The van der Waals surface area contributed by atoms with Gasteiger partial charge in [-0.15, -0.1) is 0 Å². The van der Waals surface area contributed by atoms with Gasteiger partial charge in [0, 0.05) is 31.5 Å². The van der Waals surface area contributed by atoms with Crippen molar-refractivity contribution < 1.29 is 4.79 Å². The van der Waals surface area contributed by atoms with Gasteiger partial charge in [-0.05, 0) is 43.7 Å². The molecule has 0 aliphatic carbocycles. The van der Waals surface area contributed by atoms with Crippen molar-refractivity contribution >= 4 is 17.4 Å². The zero-order valence-electron chi connectivity index (χ0n) is 15.4. The molecule has 0 saturated heterocycles. The van der Waals surface area contributed by atoms with E-state index in [1.54, 1.807) is 6.20 Å². The normalized spacial score (nSPS) is 10.5. The number of para-hydroxylation sites is 1. The zero-order valence-corrected chi connectivity index (χ0v) is 15.4.